The molecule has 1 saturated carbocycles. The third-order valence-electron chi connectivity index (χ3n) is 6.38. The summed E-state index contributed by atoms with van der Waals surface area (Å²) in [6, 6.07) is 0. The van der Waals surface area contributed by atoms with Gasteiger partial charge in [0.1, 0.15) is 0 Å². The lowest BCUT2D eigenvalue weighted by molar-refractivity contribution is 0.142. The Morgan fingerprint density at radius 3 is 2.57 bits per heavy atom. The van der Waals surface area contributed by atoms with Crippen LogP contribution >= 0.6 is 0 Å². The van der Waals surface area contributed by atoms with Crippen LogP contribution in [0.15, 0.2) is 11.6 Å². The fraction of sp³-hybridized carbons (Fsp3) is 0.895. The number of allylic oxidation sites excluding steroid dienone is 2. The Morgan fingerprint density at radius 2 is 1.90 bits per heavy atom. The Morgan fingerprint density at radius 1 is 1.19 bits per heavy atom. The average Bonchev–Trinajstić information content (AvgIpc) is 2.37. The molecule has 0 aliphatic heterocycles. The topological polar surface area (TPSA) is 9.23 Å². The van der Waals surface area contributed by atoms with E-state index in [0.717, 1.165) is 24.4 Å². The first kappa shape index (κ1) is 17.3. The fourth-order valence-corrected chi connectivity index (χ4v) is 4.93. The number of hydrogen-bond donors (Lipinski definition) is 0. The van der Waals surface area contributed by atoms with E-state index in [1.165, 1.54) is 38.5 Å². The molecule has 0 radical (unpaired) electrons. The monoisotopic (exact) mass is 308 g/mol. The third-order valence-corrected chi connectivity index (χ3v) is 10.9. The molecule has 0 aromatic heterocycles. The van der Waals surface area contributed by atoms with Crippen LogP contribution in [-0.2, 0) is 4.43 Å². The minimum Gasteiger partial charge on any atom is -0.417 e. The molecule has 0 unspecified atom stereocenters. The lowest BCUT2D eigenvalue weighted by atomic mass is 9.66. The van der Waals surface area contributed by atoms with E-state index in [4.69, 9.17) is 4.43 Å². The molecule has 0 heterocycles. The second kappa shape index (κ2) is 6.58. The van der Waals surface area contributed by atoms with Crippen molar-refractivity contribution in [2.75, 3.05) is 6.61 Å². The Balaban J connectivity index is 1.89. The molecule has 21 heavy (non-hydrogen) atoms. The Bertz CT molecular complexity index is 378. The van der Waals surface area contributed by atoms with Gasteiger partial charge in [-0.25, -0.2) is 0 Å². The standard InChI is InChI=1S/C19H36OSi/c1-15-10-11-16-8-7-9-17(18(16)14-15)12-13-20-21(5,6)19(2,3)4/h14,16-18H,7-13H2,1-6H3/t16-,17+,18-/m1/s1. The largest absolute Gasteiger partial charge is 0.417 e. The summed E-state index contributed by atoms with van der Waals surface area (Å²) in [6.45, 7) is 15.1. The molecule has 0 N–H and O–H groups in total. The maximum atomic E-state index is 6.42. The lowest BCUT2D eigenvalue weighted by Crippen LogP contribution is -2.41. The molecule has 2 heteroatoms. The SMILES string of the molecule is CC1=C[C@@H]2[C@H](CCC[C@H]2CCO[Si](C)(C)C(C)(C)C)CC1. The molecule has 2 aliphatic rings. The third kappa shape index (κ3) is 4.22. The highest BCUT2D eigenvalue weighted by Gasteiger charge is 2.38. The first-order valence-electron chi connectivity index (χ1n) is 9.02. The van der Waals surface area contributed by atoms with E-state index in [9.17, 15) is 0 Å². The summed E-state index contributed by atoms with van der Waals surface area (Å²) in [5, 5.41) is 0.337. The van der Waals surface area contributed by atoms with Gasteiger partial charge in [-0.3, -0.25) is 0 Å². The van der Waals surface area contributed by atoms with Crippen molar-refractivity contribution in [2.24, 2.45) is 17.8 Å². The van der Waals surface area contributed by atoms with Crippen molar-refractivity contribution < 1.29 is 4.43 Å². The summed E-state index contributed by atoms with van der Waals surface area (Å²) in [6.07, 6.45) is 11.0. The molecule has 0 bridgehead atoms. The molecule has 0 saturated heterocycles. The van der Waals surface area contributed by atoms with Crippen LogP contribution < -0.4 is 0 Å². The smallest absolute Gasteiger partial charge is 0.191 e. The Hall–Kier alpha value is -0.0831. The summed E-state index contributed by atoms with van der Waals surface area (Å²) in [5.74, 6) is 2.71. The molecular formula is C19H36OSi. The number of fused-ring (bicyclic) bond motifs is 1. The van der Waals surface area contributed by atoms with Crippen molar-refractivity contribution in [3.8, 4) is 0 Å². The summed E-state index contributed by atoms with van der Waals surface area (Å²) in [7, 11) is -1.56. The molecule has 3 atom stereocenters. The average molecular weight is 309 g/mol. The fourth-order valence-electron chi connectivity index (χ4n) is 3.86. The minimum absolute atomic E-state index is 0.337. The van der Waals surface area contributed by atoms with Crippen molar-refractivity contribution >= 4 is 8.32 Å². The number of hydrogen-bond acceptors (Lipinski definition) is 1. The summed E-state index contributed by atoms with van der Waals surface area (Å²) < 4.78 is 6.42. The van der Waals surface area contributed by atoms with Crippen LogP contribution in [0.3, 0.4) is 0 Å². The van der Waals surface area contributed by atoms with Crippen LogP contribution in [0.4, 0.5) is 0 Å². The van der Waals surface area contributed by atoms with Crippen LogP contribution in [0.5, 0.6) is 0 Å². The Kier molecular flexibility index (Phi) is 5.41. The zero-order chi connectivity index (χ0) is 15.7. The van der Waals surface area contributed by atoms with Crippen molar-refractivity contribution in [1.82, 2.24) is 0 Å². The van der Waals surface area contributed by atoms with Crippen molar-refractivity contribution in [3.63, 3.8) is 0 Å². The van der Waals surface area contributed by atoms with E-state index in [2.05, 4.69) is 46.9 Å². The highest BCUT2D eigenvalue weighted by Crippen LogP contribution is 2.44. The van der Waals surface area contributed by atoms with Gasteiger partial charge in [0.05, 0.1) is 0 Å². The van der Waals surface area contributed by atoms with Gasteiger partial charge in [0.15, 0.2) is 8.32 Å². The van der Waals surface area contributed by atoms with Gasteiger partial charge in [-0.15, -0.1) is 0 Å². The predicted molar refractivity (Wildman–Crippen MR) is 95.1 cm³/mol. The zero-order valence-electron chi connectivity index (χ0n) is 15.2. The molecule has 0 spiro atoms. The molecule has 0 aromatic carbocycles. The second-order valence-corrected chi connectivity index (χ2v) is 13.8. The highest BCUT2D eigenvalue weighted by atomic mass is 28.4. The Labute approximate surface area is 133 Å². The van der Waals surface area contributed by atoms with Gasteiger partial charge in [-0.1, -0.05) is 38.8 Å². The van der Waals surface area contributed by atoms with Gasteiger partial charge in [-0.05, 0) is 74.9 Å². The quantitative estimate of drug-likeness (QED) is 0.445. The second-order valence-electron chi connectivity index (χ2n) is 8.98. The molecule has 2 rings (SSSR count). The van der Waals surface area contributed by atoms with Crippen LogP contribution in [0.1, 0.15) is 66.2 Å². The lowest BCUT2D eigenvalue weighted by Gasteiger charge is -2.41. The van der Waals surface area contributed by atoms with Crippen LogP contribution in [-0.4, -0.2) is 14.9 Å². The maximum Gasteiger partial charge on any atom is 0.191 e. The first-order valence-corrected chi connectivity index (χ1v) is 11.9. The normalized spacial score (nSPS) is 30.8. The van der Waals surface area contributed by atoms with Gasteiger partial charge in [0.25, 0.3) is 0 Å². The summed E-state index contributed by atoms with van der Waals surface area (Å²) in [5.41, 5.74) is 1.63. The zero-order valence-corrected chi connectivity index (χ0v) is 16.2. The molecule has 1 nitrogen and oxygen atoms in total. The molecular weight excluding hydrogens is 272 g/mol. The van der Waals surface area contributed by atoms with Gasteiger partial charge in [0, 0.05) is 6.61 Å². The van der Waals surface area contributed by atoms with E-state index in [-0.39, 0.29) is 0 Å². The highest BCUT2D eigenvalue weighted by molar-refractivity contribution is 6.74. The molecule has 2 aliphatic carbocycles. The van der Waals surface area contributed by atoms with Crippen molar-refractivity contribution in [3.05, 3.63) is 11.6 Å². The summed E-state index contributed by atoms with van der Waals surface area (Å²) in [4.78, 5) is 0. The summed E-state index contributed by atoms with van der Waals surface area (Å²) >= 11 is 0. The van der Waals surface area contributed by atoms with E-state index in [1.54, 1.807) is 5.57 Å². The predicted octanol–water partition coefficient (Wildman–Crippen LogP) is 6.17. The van der Waals surface area contributed by atoms with Crippen LogP contribution in [0.25, 0.3) is 0 Å². The van der Waals surface area contributed by atoms with Crippen molar-refractivity contribution in [1.29, 1.82) is 0 Å². The van der Waals surface area contributed by atoms with Crippen molar-refractivity contribution in [2.45, 2.75) is 84.4 Å². The van der Waals surface area contributed by atoms with E-state index >= 15 is 0 Å². The molecule has 122 valence electrons. The maximum absolute atomic E-state index is 6.42. The van der Waals surface area contributed by atoms with E-state index in [0.29, 0.717) is 5.04 Å². The van der Waals surface area contributed by atoms with Gasteiger partial charge in [0.2, 0.25) is 0 Å². The van der Waals surface area contributed by atoms with Crippen LogP contribution in [0.2, 0.25) is 18.1 Å². The van der Waals surface area contributed by atoms with Gasteiger partial charge in [-0.2, -0.15) is 0 Å². The van der Waals surface area contributed by atoms with Gasteiger partial charge < -0.3 is 4.43 Å². The van der Waals surface area contributed by atoms with E-state index < -0.39 is 8.32 Å². The minimum atomic E-state index is -1.56. The molecule has 0 aromatic rings. The van der Waals surface area contributed by atoms with Crippen LogP contribution in [0, 0.1) is 17.8 Å². The number of rotatable bonds is 4. The molecule has 0 amide bonds. The van der Waals surface area contributed by atoms with E-state index in [1.807, 2.05) is 0 Å². The first-order chi connectivity index (χ1) is 9.71. The van der Waals surface area contributed by atoms with Gasteiger partial charge >= 0.3 is 0 Å². The molecule has 1 fully saturated rings.